The highest BCUT2D eigenvalue weighted by atomic mass is 16.1. The van der Waals surface area contributed by atoms with Crippen LogP contribution in [0.2, 0.25) is 0 Å². The minimum absolute atomic E-state index is 0.0149. The summed E-state index contributed by atoms with van der Waals surface area (Å²) in [5.41, 5.74) is 5.55. The highest BCUT2D eigenvalue weighted by Crippen LogP contribution is 2.16. The third-order valence-corrected chi connectivity index (χ3v) is 4.01. The molecular weight excluding hydrogens is 226 g/mol. The molecule has 0 radical (unpaired) electrons. The zero-order valence-corrected chi connectivity index (χ0v) is 12.0. The molecule has 1 fully saturated rings. The monoisotopic (exact) mass is 255 g/mol. The van der Waals surface area contributed by atoms with Crippen LogP contribution in [0.15, 0.2) is 0 Å². The molecule has 1 rings (SSSR count). The third kappa shape index (κ3) is 4.94. The fraction of sp³-hybridized carbons (Fsp3) is 0.929. The first-order chi connectivity index (χ1) is 8.69. The van der Waals surface area contributed by atoms with Crippen molar-refractivity contribution in [3.63, 3.8) is 0 Å². The fourth-order valence-electron chi connectivity index (χ4n) is 2.59. The van der Waals surface area contributed by atoms with Crippen molar-refractivity contribution < 1.29 is 4.79 Å². The van der Waals surface area contributed by atoms with Gasteiger partial charge in [0, 0.05) is 31.6 Å². The molecule has 2 atom stereocenters. The van der Waals surface area contributed by atoms with Crippen LogP contribution in [0.5, 0.6) is 0 Å². The molecule has 0 bridgehead atoms. The van der Waals surface area contributed by atoms with Gasteiger partial charge in [0.1, 0.15) is 0 Å². The molecule has 1 aliphatic heterocycles. The number of amides is 1. The second kappa shape index (κ2) is 8.48. The Morgan fingerprint density at radius 3 is 2.89 bits per heavy atom. The number of nitrogens with one attached hydrogen (secondary N) is 1. The Morgan fingerprint density at radius 2 is 2.28 bits per heavy atom. The van der Waals surface area contributed by atoms with E-state index in [9.17, 15) is 4.79 Å². The summed E-state index contributed by atoms with van der Waals surface area (Å²) in [4.78, 5) is 14.3. The van der Waals surface area contributed by atoms with E-state index in [4.69, 9.17) is 5.73 Å². The second-order valence-corrected chi connectivity index (χ2v) is 5.37. The van der Waals surface area contributed by atoms with E-state index < -0.39 is 0 Å². The van der Waals surface area contributed by atoms with Gasteiger partial charge in [-0.1, -0.05) is 13.3 Å². The number of hydrogen-bond donors (Lipinski definition) is 2. The van der Waals surface area contributed by atoms with Crippen molar-refractivity contribution in [1.82, 2.24) is 10.2 Å². The van der Waals surface area contributed by atoms with E-state index in [-0.39, 0.29) is 11.8 Å². The van der Waals surface area contributed by atoms with Gasteiger partial charge in [0.15, 0.2) is 0 Å². The molecule has 106 valence electrons. The molecule has 4 heteroatoms. The maximum atomic E-state index is 11.7. The largest absolute Gasteiger partial charge is 0.356 e. The van der Waals surface area contributed by atoms with E-state index in [0.29, 0.717) is 12.6 Å². The van der Waals surface area contributed by atoms with E-state index >= 15 is 0 Å². The van der Waals surface area contributed by atoms with E-state index in [0.717, 1.165) is 25.9 Å². The van der Waals surface area contributed by atoms with Gasteiger partial charge in [0.2, 0.25) is 5.91 Å². The van der Waals surface area contributed by atoms with Gasteiger partial charge < -0.3 is 16.0 Å². The van der Waals surface area contributed by atoms with Crippen LogP contribution in [-0.2, 0) is 4.79 Å². The number of rotatable bonds is 7. The summed E-state index contributed by atoms with van der Waals surface area (Å²) in [6.07, 6.45) is 5.87. The van der Waals surface area contributed by atoms with Gasteiger partial charge in [-0.2, -0.15) is 0 Å². The number of nitrogens with two attached hydrogens (primary N) is 1. The summed E-state index contributed by atoms with van der Waals surface area (Å²) >= 11 is 0. The molecule has 0 aromatic carbocycles. The average Bonchev–Trinajstić information content (AvgIpc) is 2.38. The summed E-state index contributed by atoms with van der Waals surface area (Å²) in [5.74, 6) is 0.102. The van der Waals surface area contributed by atoms with Crippen molar-refractivity contribution in [3.05, 3.63) is 0 Å². The van der Waals surface area contributed by atoms with Gasteiger partial charge in [-0.15, -0.1) is 0 Å². The Morgan fingerprint density at radius 1 is 1.50 bits per heavy atom. The molecule has 1 aliphatic rings. The van der Waals surface area contributed by atoms with Gasteiger partial charge >= 0.3 is 0 Å². The normalized spacial score (nSPS) is 22.7. The topological polar surface area (TPSA) is 58.4 Å². The van der Waals surface area contributed by atoms with E-state index in [2.05, 4.69) is 17.1 Å². The predicted octanol–water partition coefficient (Wildman–Crippen LogP) is 1.35. The smallest absolute Gasteiger partial charge is 0.224 e. The standard InChI is InChI=1S/C14H29N3O/c1-3-13(11-15)14(18)16-8-6-10-17-9-5-4-7-12(17)2/h12-13H,3-11,15H2,1-2H3,(H,16,18). The highest BCUT2D eigenvalue weighted by molar-refractivity contribution is 5.78. The average molecular weight is 255 g/mol. The molecule has 0 spiro atoms. The van der Waals surface area contributed by atoms with E-state index in [1.54, 1.807) is 0 Å². The Bertz CT molecular complexity index is 241. The molecule has 0 aromatic rings. The summed E-state index contributed by atoms with van der Waals surface area (Å²) in [5, 5.41) is 2.99. The minimum atomic E-state index is -0.0149. The Balaban J connectivity index is 2.12. The number of hydrogen-bond acceptors (Lipinski definition) is 3. The van der Waals surface area contributed by atoms with Crippen molar-refractivity contribution in [1.29, 1.82) is 0 Å². The predicted molar refractivity (Wildman–Crippen MR) is 75.3 cm³/mol. The summed E-state index contributed by atoms with van der Waals surface area (Å²) in [7, 11) is 0. The zero-order chi connectivity index (χ0) is 13.4. The molecule has 4 nitrogen and oxygen atoms in total. The number of carbonyl (C=O) groups is 1. The maximum absolute atomic E-state index is 11.7. The number of likely N-dealkylation sites (tertiary alicyclic amines) is 1. The fourth-order valence-corrected chi connectivity index (χ4v) is 2.59. The molecule has 3 N–H and O–H groups in total. The van der Waals surface area contributed by atoms with Gasteiger partial charge in [-0.05, 0) is 39.2 Å². The third-order valence-electron chi connectivity index (χ3n) is 4.01. The summed E-state index contributed by atoms with van der Waals surface area (Å²) in [6, 6.07) is 0.710. The highest BCUT2D eigenvalue weighted by Gasteiger charge is 2.18. The van der Waals surface area contributed by atoms with Crippen molar-refractivity contribution in [2.75, 3.05) is 26.2 Å². The number of nitrogens with zero attached hydrogens (tertiary/aromatic N) is 1. The van der Waals surface area contributed by atoms with Crippen molar-refractivity contribution >= 4 is 5.91 Å². The lowest BCUT2D eigenvalue weighted by molar-refractivity contribution is -0.124. The lowest BCUT2D eigenvalue weighted by Crippen LogP contribution is -2.40. The molecule has 0 aliphatic carbocycles. The Hall–Kier alpha value is -0.610. The van der Waals surface area contributed by atoms with Crippen molar-refractivity contribution in [3.8, 4) is 0 Å². The summed E-state index contributed by atoms with van der Waals surface area (Å²) < 4.78 is 0. The Kier molecular flexibility index (Phi) is 7.28. The second-order valence-electron chi connectivity index (χ2n) is 5.37. The molecule has 1 amide bonds. The first-order valence-electron chi connectivity index (χ1n) is 7.40. The van der Waals surface area contributed by atoms with Crippen LogP contribution in [-0.4, -0.2) is 43.0 Å². The lowest BCUT2D eigenvalue weighted by Gasteiger charge is -2.33. The van der Waals surface area contributed by atoms with Crippen LogP contribution in [0.25, 0.3) is 0 Å². The molecule has 1 saturated heterocycles. The zero-order valence-electron chi connectivity index (χ0n) is 12.0. The van der Waals surface area contributed by atoms with E-state index in [1.807, 2.05) is 6.92 Å². The first kappa shape index (κ1) is 15.4. The molecule has 1 heterocycles. The number of carbonyl (C=O) groups excluding carboxylic acids is 1. The van der Waals surface area contributed by atoms with Crippen molar-refractivity contribution in [2.45, 2.75) is 52.0 Å². The molecule has 18 heavy (non-hydrogen) atoms. The minimum Gasteiger partial charge on any atom is -0.356 e. The maximum Gasteiger partial charge on any atom is 0.224 e. The van der Waals surface area contributed by atoms with Crippen LogP contribution >= 0.6 is 0 Å². The van der Waals surface area contributed by atoms with Gasteiger partial charge in [-0.25, -0.2) is 0 Å². The van der Waals surface area contributed by atoms with Crippen molar-refractivity contribution in [2.24, 2.45) is 11.7 Å². The van der Waals surface area contributed by atoms with Crippen LogP contribution in [0.3, 0.4) is 0 Å². The van der Waals surface area contributed by atoms with Crippen LogP contribution in [0.1, 0.15) is 46.0 Å². The summed E-state index contributed by atoms with van der Waals surface area (Å²) in [6.45, 7) is 7.85. The number of piperidine rings is 1. The quantitative estimate of drug-likeness (QED) is 0.675. The molecule has 0 aromatic heterocycles. The van der Waals surface area contributed by atoms with Crippen LogP contribution < -0.4 is 11.1 Å². The first-order valence-corrected chi connectivity index (χ1v) is 7.40. The van der Waals surface area contributed by atoms with Crippen LogP contribution in [0.4, 0.5) is 0 Å². The SMILES string of the molecule is CCC(CN)C(=O)NCCCN1CCCCC1C. The van der Waals surface area contributed by atoms with Gasteiger partial charge in [0.05, 0.1) is 0 Å². The molecular formula is C14H29N3O. The van der Waals surface area contributed by atoms with E-state index in [1.165, 1.54) is 25.8 Å². The van der Waals surface area contributed by atoms with Crippen LogP contribution in [0, 0.1) is 5.92 Å². The molecule has 2 unspecified atom stereocenters. The van der Waals surface area contributed by atoms with Gasteiger partial charge in [-0.3, -0.25) is 4.79 Å². The van der Waals surface area contributed by atoms with Gasteiger partial charge in [0.25, 0.3) is 0 Å². The Labute approximate surface area is 111 Å². The lowest BCUT2D eigenvalue weighted by atomic mass is 10.0. The molecule has 0 saturated carbocycles.